The minimum atomic E-state index is -0.295. The number of rotatable bonds is 2. The van der Waals surface area contributed by atoms with Crippen LogP contribution in [0.25, 0.3) is 5.57 Å². The molecule has 2 aliphatic heterocycles. The van der Waals surface area contributed by atoms with Gasteiger partial charge >= 0.3 is 0 Å². The van der Waals surface area contributed by atoms with Gasteiger partial charge in [0.1, 0.15) is 0 Å². The molecule has 6 rings (SSSR count). The minimum absolute atomic E-state index is 0.288. The Hall–Kier alpha value is -4.44. The van der Waals surface area contributed by atoms with Gasteiger partial charge in [0.05, 0.1) is 28.2 Å². The molecule has 0 aliphatic carbocycles. The highest BCUT2D eigenvalue weighted by molar-refractivity contribution is 6.34. The fraction of sp³-hybridized carbons (Fsp3) is 0.0667. The second-order valence-corrected chi connectivity index (χ2v) is 8.76. The predicted molar refractivity (Wildman–Crippen MR) is 136 cm³/mol. The molecule has 0 bridgehead atoms. The van der Waals surface area contributed by atoms with Gasteiger partial charge in [0.2, 0.25) is 0 Å². The van der Waals surface area contributed by atoms with Crippen molar-refractivity contribution in [2.75, 3.05) is 9.80 Å². The van der Waals surface area contributed by atoms with Crippen LogP contribution in [0.2, 0.25) is 0 Å². The Morgan fingerprint density at radius 3 is 1.71 bits per heavy atom. The Morgan fingerprint density at radius 2 is 1.09 bits per heavy atom. The fourth-order valence-electron chi connectivity index (χ4n) is 5.03. The number of para-hydroxylation sites is 3. The molecule has 34 heavy (non-hydrogen) atoms. The number of allylic oxidation sites excluding steroid dienone is 1. The normalized spacial score (nSPS) is 14.1. The topological polar surface area (TPSA) is 40.6 Å². The van der Waals surface area contributed by atoms with E-state index in [-0.39, 0.29) is 11.8 Å². The second-order valence-electron chi connectivity index (χ2n) is 8.76. The van der Waals surface area contributed by atoms with Crippen molar-refractivity contribution in [3.63, 3.8) is 0 Å². The largest absolute Gasteiger partial charge is 0.309 e. The lowest BCUT2D eigenvalue weighted by Crippen LogP contribution is -2.29. The Balaban J connectivity index is 1.53. The summed E-state index contributed by atoms with van der Waals surface area (Å²) in [5.41, 5.74) is 9.15. The van der Waals surface area contributed by atoms with E-state index >= 15 is 0 Å². The van der Waals surface area contributed by atoms with E-state index in [9.17, 15) is 9.59 Å². The number of hydrogen-bond donors (Lipinski definition) is 0. The number of nitrogens with zero attached hydrogens (tertiary/aromatic N) is 2. The number of fused-ring (bicyclic) bond motifs is 3. The van der Waals surface area contributed by atoms with Crippen molar-refractivity contribution in [2.24, 2.45) is 0 Å². The standard InChI is InChI=1S/C30H22N2O2/c1-19(2)28-23-12-6-8-14-26(23)31(27-15-9-7-13-24(27)28)21-16-17-22-25(18-21)30(34)32(29(22)33)20-10-4-3-5-11-20/h3-18H,1-2H3. The first-order chi connectivity index (χ1) is 16.6. The molecule has 2 heterocycles. The molecular formula is C30H22N2O2. The summed E-state index contributed by atoms with van der Waals surface area (Å²) >= 11 is 0. The van der Waals surface area contributed by atoms with Gasteiger partial charge in [0, 0.05) is 16.8 Å². The summed E-state index contributed by atoms with van der Waals surface area (Å²) in [5.74, 6) is -0.583. The molecule has 164 valence electrons. The monoisotopic (exact) mass is 442 g/mol. The first-order valence-corrected chi connectivity index (χ1v) is 11.3. The number of benzene rings is 4. The summed E-state index contributed by atoms with van der Waals surface area (Å²) in [6, 6.07) is 31.3. The molecule has 0 spiro atoms. The number of carbonyl (C=O) groups is 2. The Kier molecular flexibility index (Phi) is 4.49. The predicted octanol–water partition coefficient (Wildman–Crippen LogP) is 7.11. The summed E-state index contributed by atoms with van der Waals surface area (Å²) in [5, 5.41) is 0. The zero-order valence-electron chi connectivity index (χ0n) is 18.9. The van der Waals surface area contributed by atoms with Crippen LogP contribution in [0, 0.1) is 0 Å². The maximum absolute atomic E-state index is 13.4. The summed E-state index contributed by atoms with van der Waals surface area (Å²) in [6.45, 7) is 4.27. The molecule has 0 N–H and O–H groups in total. The minimum Gasteiger partial charge on any atom is -0.309 e. The fourth-order valence-corrected chi connectivity index (χ4v) is 5.03. The summed E-state index contributed by atoms with van der Waals surface area (Å²) in [4.78, 5) is 29.9. The molecule has 4 aromatic rings. The highest BCUT2D eigenvalue weighted by atomic mass is 16.2. The van der Waals surface area contributed by atoms with Crippen LogP contribution in [-0.2, 0) is 0 Å². The van der Waals surface area contributed by atoms with Crippen LogP contribution in [0.5, 0.6) is 0 Å². The molecular weight excluding hydrogens is 420 g/mol. The highest BCUT2D eigenvalue weighted by Gasteiger charge is 2.38. The molecule has 0 unspecified atom stereocenters. The van der Waals surface area contributed by atoms with Gasteiger partial charge in [-0.25, -0.2) is 4.90 Å². The van der Waals surface area contributed by atoms with Crippen LogP contribution in [0.3, 0.4) is 0 Å². The molecule has 4 nitrogen and oxygen atoms in total. The second kappa shape index (κ2) is 7.56. The lowest BCUT2D eigenvalue weighted by atomic mass is 9.87. The summed E-state index contributed by atoms with van der Waals surface area (Å²) in [6.07, 6.45) is 0. The number of imide groups is 1. The molecule has 2 aliphatic rings. The zero-order valence-corrected chi connectivity index (χ0v) is 18.9. The highest BCUT2D eigenvalue weighted by Crippen LogP contribution is 2.49. The average Bonchev–Trinajstić information content (AvgIpc) is 3.11. The zero-order chi connectivity index (χ0) is 23.4. The third kappa shape index (κ3) is 2.85. The Labute approximate surface area is 198 Å². The molecule has 0 aromatic heterocycles. The van der Waals surface area contributed by atoms with Gasteiger partial charge in [0.25, 0.3) is 11.8 Å². The number of hydrogen-bond acceptors (Lipinski definition) is 3. The molecule has 2 amide bonds. The van der Waals surface area contributed by atoms with Crippen molar-refractivity contribution in [1.82, 2.24) is 0 Å². The van der Waals surface area contributed by atoms with E-state index in [1.54, 1.807) is 18.2 Å². The third-order valence-electron chi connectivity index (χ3n) is 6.47. The van der Waals surface area contributed by atoms with Gasteiger partial charge in [-0.15, -0.1) is 0 Å². The number of amides is 2. The van der Waals surface area contributed by atoms with Crippen LogP contribution in [0.1, 0.15) is 45.7 Å². The van der Waals surface area contributed by atoms with Gasteiger partial charge in [-0.1, -0.05) is 60.2 Å². The van der Waals surface area contributed by atoms with Gasteiger partial charge in [0.15, 0.2) is 0 Å². The van der Waals surface area contributed by atoms with Crippen LogP contribution in [0.4, 0.5) is 22.7 Å². The van der Waals surface area contributed by atoms with Crippen molar-refractivity contribution in [3.05, 3.63) is 125 Å². The molecule has 0 radical (unpaired) electrons. The molecule has 0 saturated carbocycles. The molecule has 0 fully saturated rings. The first kappa shape index (κ1) is 20.2. The molecule has 4 heteroatoms. The van der Waals surface area contributed by atoms with Crippen LogP contribution in [0.15, 0.2) is 103 Å². The van der Waals surface area contributed by atoms with Gasteiger partial charge in [-0.05, 0) is 61.9 Å². The van der Waals surface area contributed by atoms with Crippen molar-refractivity contribution in [2.45, 2.75) is 13.8 Å². The van der Waals surface area contributed by atoms with Crippen molar-refractivity contribution >= 4 is 40.1 Å². The quantitative estimate of drug-likeness (QED) is 0.274. The van der Waals surface area contributed by atoms with E-state index in [4.69, 9.17) is 0 Å². The first-order valence-electron chi connectivity index (χ1n) is 11.3. The van der Waals surface area contributed by atoms with Crippen LogP contribution >= 0.6 is 0 Å². The summed E-state index contributed by atoms with van der Waals surface area (Å²) < 4.78 is 0. The van der Waals surface area contributed by atoms with E-state index in [0.717, 1.165) is 28.2 Å². The van der Waals surface area contributed by atoms with Crippen molar-refractivity contribution in [3.8, 4) is 0 Å². The molecule has 0 atom stereocenters. The average molecular weight is 443 g/mol. The Morgan fingerprint density at radius 1 is 0.529 bits per heavy atom. The third-order valence-corrected chi connectivity index (χ3v) is 6.47. The summed E-state index contributed by atoms with van der Waals surface area (Å²) in [7, 11) is 0. The SMILES string of the molecule is CC(C)=C1c2ccccc2N(c2ccc3c(c2)C(=O)N(c2ccccc2)C3=O)c2ccccc21. The number of carbonyl (C=O) groups excluding carboxylic acids is 2. The van der Waals surface area contributed by atoms with Crippen LogP contribution in [-0.4, -0.2) is 11.8 Å². The number of anilines is 4. The smallest absolute Gasteiger partial charge is 0.266 e. The van der Waals surface area contributed by atoms with Crippen molar-refractivity contribution in [1.29, 1.82) is 0 Å². The lowest BCUT2D eigenvalue weighted by molar-refractivity contribution is 0.0926. The van der Waals surface area contributed by atoms with Crippen molar-refractivity contribution < 1.29 is 9.59 Å². The van der Waals surface area contributed by atoms with E-state index in [1.807, 2.05) is 42.5 Å². The maximum Gasteiger partial charge on any atom is 0.266 e. The van der Waals surface area contributed by atoms with Crippen LogP contribution < -0.4 is 9.80 Å². The Bertz CT molecular complexity index is 1460. The maximum atomic E-state index is 13.4. The molecule has 0 saturated heterocycles. The lowest BCUT2D eigenvalue weighted by Gasteiger charge is -2.35. The van der Waals surface area contributed by atoms with Gasteiger partial charge in [-0.3, -0.25) is 9.59 Å². The van der Waals surface area contributed by atoms with E-state index in [2.05, 4.69) is 55.1 Å². The van der Waals surface area contributed by atoms with E-state index < -0.39 is 0 Å². The van der Waals surface area contributed by atoms with Gasteiger partial charge < -0.3 is 4.90 Å². The molecule has 4 aromatic carbocycles. The van der Waals surface area contributed by atoms with E-state index in [1.165, 1.54) is 16.0 Å². The van der Waals surface area contributed by atoms with Gasteiger partial charge in [-0.2, -0.15) is 0 Å². The van der Waals surface area contributed by atoms with E-state index in [0.29, 0.717) is 16.8 Å².